The maximum Gasteiger partial charge on any atom is 0.193 e. The predicted molar refractivity (Wildman–Crippen MR) is 120 cm³/mol. The summed E-state index contributed by atoms with van der Waals surface area (Å²) in [5, 5.41) is 3.28. The number of methoxy groups -OCH3 is 1. The summed E-state index contributed by atoms with van der Waals surface area (Å²) >= 11 is 0. The number of nitrogens with one attached hydrogen (secondary N) is 1. The number of ether oxygens (including phenoxy) is 3. The maximum atomic E-state index is 13.9. The summed E-state index contributed by atoms with van der Waals surface area (Å²) in [6.45, 7) is 6.36. The molecule has 1 aliphatic heterocycles. The van der Waals surface area contributed by atoms with Crippen molar-refractivity contribution in [3.8, 4) is 5.75 Å². The quantitative estimate of drug-likeness (QED) is 0.239. The van der Waals surface area contributed by atoms with Gasteiger partial charge < -0.3 is 24.4 Å². The number of hydrogen-bond donors (Lipinski definition) is 1. The molecular formula is C20H33FIN3O3. The molecule has 0 saturated carbocycles. The summed E-state index contributed by atoms with van der Waals surface area (Å²) in [6, 6.07) is 5.01. The number of hydrogen-bond acceptors (Lipinski definition) is 4. The molecule has 1 heterocycles. The van der Waals surface area contributed by atoms with Gasteiger partial charge in [-0.2, -0.15) is 0 Å². The predicted octanol–water partition coefficient (Wildman–Crippen LogP) is 3.44. The molecule has 8 heteroatoms. The first-order chi connectivity index (χ1) is 13.1. The molecule has 0 radical (unpaired) electrons. The second kappa shape index (κ2) is 13.9. The molecule has 0 atom stereocenters. The highest BCUT2D eigenvalue weighted by Crippen LogP contribution is 2.18. The molecule has 28 heavy (non-hydrogen) atoms. The van der Waals surface area contributed by atoms with E-state index in [4.69, 9.17) is 14.2 Å². The van der Waals surface area contributed by atoms with Gasteiger partial charge in [-0.05, 0) is 43.9 Å². The standard InChI is InChI=1S/C20H32FN3O3.HI/c1-4-22-20(23-10-5-11-27-17-8-12-26-13-9-17)24(2)15-16-6-7-19(25-3)18(21)14-16;/h6-7,14,17H,4-5,8-13,15H2,1-3H3,(H,22,23);1H. The topological polar surface area (TPSA) is 55.3 Å². The molecule has 0 amide bonds. The van der Waals surface area contributed by atoms with Gasteiger partial charge in [-0.3, -0.25) is 4.99 Å². The lowest BCUT2D eigenvalue weighted by Crippen LogP contribution is -2.38. The zero-order valence-electron chi connectivity index (χ0n) is 17.1. The van der Waals surface area contributed by atoms with Crippen molar-refractivity contribution in [1.82, 2.24) is 10.2 Å². The van der Waals surface area contributed by atoms with E-state index in [1.54, 1.807) is 6.07 Å². The number of aliphatic imine (C=N–C) groups is 1. The monoisotopic (exact) mass is 509 g/mol. The molecule has 2 rings (SSSR count). The fraction of sp³-hybridized carbons (Fsp3) is 0.650. The molecule has 0 bridgehead atoms. The highest BCUT2D eigenvalue weighted by atomic mass is 127. The molecule has 0 aromatic heterocycles. The van der Waals surface area contributed by atoms with Crippen molar-refractivity contribution in [2.45, 2.75) is 38.8 Å². The SMILES string of the molecule is CCNC(=NCCCOC1CCOCC1)N(C)Cc1ccc(OC)c(F)c1.I. The number of nitrogens with zero attached hydrogens (tertiary/aromatic N) is 2. The van der Waals surface area contributed by atoms with Gasteiger partial charge in [0.2, 0.25) is 0 Å². The molecule has 160 valence electrons. The van der Waals surface area contributed by atoms with E-state index in [-0.39, 0.29) is 35.5 Å². The molecule has 1 aliphatic rings. The Bertz CT molecular complexity index is 598. The Morgan fingerprint density at radius 2 is 2.11 bits per heavy atom. The third-order valence-corrected chi connectivity index (χ3v) is 4.42. The van der Waals surface area contributed by atoms with Crippen LogP contribution in [0, 0.1) is 5.82 Å². The Balaban J connectivity index is 0.00000392. The van der Waals surface area contributed by atoms with Crippen molar-refractivity contribution >= 4 is 29.9 Å². The lowest BCUT2D eigenvalue weighted by Gasteiger charge is -2.23. The second-order valence-corrected chi connectivity index (χ2v) is 6.60. The summed E-state index contributed by atoms with van der Waals surface area (Å²) in [5.41, 5.74) is 0.865. The van der Waals surface area contributed by atoms with Crippen molar-refractivity contribution < 1.29 is 18.6 Å². The third kappa shape index (κ3) is 8.48. The Morgan fingerprint density at radius 3 is 2.75 bits per heavy atom. The van der Waals surface area contributed by atoms with Crippen LogP contribution in [0.1, 0.15) is 31.7 Å². The number of halogens is 2. The van der Waals surface area contributed by atoms with Gasteiger partial charge in [0.15, 0.2) is 17.5 Å². The summed E-state index contributed by atoms with van der Waals surface area (Å²) in [7, 11) is 3.41. The molecule has 0 spiro atoms. The highest BCUT2D eigenvalue weighted by Gasteiger charge is 2.13. The van der Waals surface area contributed by atoms with Gasteiger partial charge in [0.25, 0.3) is 0 Å². The van der Waals surface area contributed by atoms with Crippen LogP contribution >= 0.6 is 24.0 Å². The second-order valence-electron chi connectivity index (χ2n) is 6.60. The van der Waals surface area contributed by atoms with Crippen molar-refractivity contribution in [3.05, 3.63) is 29.6 Å². The first kappa shape index (κ1) is 24.9. The third-order valence-electron chi connectivity index (χ3n) is 4.42. The van der Waals surface area contributed by atoms with Crippen LogP contribution < -0.4 is 10.1 Å². The molecular weight excluding hydrogens is 476 g/mol. The van der Waals surface area contributed by atoms with E-state index in [0.29, 0.717) is 25.8 Å². The lowest BCUT2D eigenvalue weighted by molar-refractivity contribution is -0.0318. The maximum absolute atomic E-state index is 13.9. The smallest absolute Gasteiger partial charge is 0.193 e. The number of guanidine groups is 1. The summed E-state index contributed by atoms with van der Waals surface area (Å²) < 4.78 is 30.1. The molecule has 1 aromatic carbocycles. The van der Waals surface area contributed by atoms with Gasteiger partial charge in [-0.25, -0.2) is 4.39 Å². The van der Waals surface area contributed by atoms with Crippen LogP contribution in [0.25, 0.3) is 0 Å². The van der Waals surface area contributed by atoms with Crippen LogP contribution in [-0.4, -0.2) is 64.0 Å². The van der Waals surface area contributed by atoms with E-state index >= 15 is 0 Å². The van der Waals surface area contributed by atoms with Crippen molar-refractivity contribution in [2.75, 3.05) is 47.1 Å². The van der Waals surface area contributed by atoms with Crippen LogP contribution in [0.15, 0.2) is 23.2 Å². The van der Waals surface area contributed by atoms with Gasteiger partial charge >= 0.3 is 0 Å². The van der Waals surface area contributed by atoms with Crippen LogP contribution in [0.3, 0.4) is 0 Å². The zero-order chi connectivity index (χ0) is 19.5. The fourth-order valence-electron chi connectivity index (χ4n) is 2.97. The van der Waals surface area contributed by atoms with E-state index in [1.165, 1.54) is 13.2 Å². The van der Waals surface area contributed by atoms with E-state index in [2.05, 4.69) is 10.3 Å². The molecule has 6 nitrogen and oxygen atoms in total. The van der Waals surface area contributed by atoms with Crippen LogP contribution in [-0.2, 0) is 16.0 Å². The largest absolute Gasteiger partial charge is 0.494 e. The Labute approximate surface area is 184 Å². The molecule has 1 fully saturated rings. The van der Waals surface area contributed by atoms with Gasteiger partial charge in [0.05, 0.1) is 13.2 Å². The van der Waals surface area contributed by atoms with Gasteiger partial charge in [0.1, 0.15) is 0 Å². The lowest BCUT2D eigenvalue weighted by atomic mass is 10.1. The van der Waals surface area contributed by atoms with Gasteiger partial charge in [0, 0.05) is 46.5 Å². The van der Waals surface area contributed by atoms with Crippen LogP contribution in [0.5, 0.6) is 5.75 Å². The summed E-state index contributed by atoms with van der Waals surface area (Å²) in [5.74, 6) is 0.710. The minimum atomic E-state index is -0.351. The minimum Gasteiger partial charge on any atom is -0.494 e. The Hall–Kier alpha value is -1.13. The van der Waals surface area contributed by atoms with E-state index < -0.39 is 0 Å². The number of rotatable bonds is 9. The van der Waals surface area contributed by atoms with E-state index in [0.717, 1.165) is 50.5 Å². The first-order valence-electron chi connectivity index (χ1n) is 9.65. The Kier molecular flexibility index (Phi) is 12.4. The summed E-state index contributed by atoms with van der Waals surface area (Å²) in [6.07, 6.45) is 3.15. The van der Waals surface area contributed by atoms with Gasteiger partial charge in [-0.1, -0.05) is 6.07 Å². The molecule has 1 aromatic rings. The average Bonchev–Trinajstić information content (AvgIpc) is 2.68. The normalized spacial score (nSPS) is 15.1. The average molecular weight is 509 g/mol. The van der Waals surface area contributed by atoms with Crippen molar-refractivity contribution in [1.29, 1.82) is 0 Å². The first-order valence-corrected chi connectivity index (χ1v) is 9.65. The fourth-order valence-corrected chi connectivity index (χ4v) is 2.97. The van der Waals surface area contributed by atoms with Crippen molar-refractivity contribution in [2.24, 2.45) is 4.99 Å². The molecule has 1 N–H and O–H groups in total. The zero-order valence-corrected chi connectivity index (χ0v) is 19.4. The van der Waals surface area contributed by atoms with Crippen LogP contribution in [0.2, 0.25) is 0 Å². The highest BCUT2D eigenvalue weighted by molar-refractivity contribution is 14.0. The summed E-state index contributed by atoms with van der Waals surface area (Å²) in [4.78, 5) is 6.65. The molecule has 1 saturated heterocycles. The van der Waals surface area contributed by atoms with E-state index in [1.807, 2.05) is 24.9 Å². The number of benzene rings is 1. The minimum absolute atomic E-state index is 0. The van der Waals surface area contributed by atoms with Crippen LogP contribution in [0.4, 0.5) is 4.39 Å². The van der Waals surface area contributed by atoms with Gasteiger partial charge in [-0.15, -0.1) is 24.0 Å². The molecule has 0 unspecified atom stereocenters. The molecule has 0 aliphatic carbocycles. The van der Waals surface area contributed by atoms with Crippen molar-refractivity contribution in [3.63, 3.8) is 0 Å². The van der Waals surface area contributed by atoms with E-state index in [9.17, 15) is 4.39 Å². The Morgan fingerprint density at radius 1 is 1.36 bits per heavy atom.